The number of carbonyl (C=O) groups excluding carboxylic acids is 1. The minimum Gasteiger partial charge on any atom is -0.497 e. The van der Waals surface area contributed by atoms with E-state index < -0.39 is 0 Å². The minimum atomic E-state index is -0.311. The zero-order valence-corrected chi connectivity index (χ0v) is 14.8. The van der Waals surface area contributed by atoms with Crippen molar-refractivity contribution in [2.75, 3.05) is 18.2 Å². The van der Waals surface area contributed by atoms with Crippen molar-refractivity contribution in [3.63, 3.8) is 0 Å². The Morgan fingerprint density at radius 1 is 1.15 bits per heavy atom. The highest BCUT2D eigenvalue weighted by molar-refractivity contribution is 8.00. The summed E-state index contributed by atoms with van der Waals surface area (Å²) in [6, 6.07) is 13.5. The highest BCUT2D eigenvalue weighted by Gasteiger charge is 2.11. The molecule has 0 bridgehead atoms. The van der Waals surface area contributed by atoms with Crippen LogP contribution in [0.15, 0.2) is 57.8 Å². The maximum absolute atomic E-state index is 12.8. The van der Waals surface area contributed by atoms with Gasteiger partial charge in [0.05, 0.1) is 19.3 Å². The minimum absolute atomic E-state index is 0.0539. The third kappa shape index (κ3) is 5.06. The Bertz CT molecular complexity index is 866. The number of thioether (sulfide) groups is 1. The number of methoxy groups -OCH3 is 1. The van der Waals surface area contributed by atoms with E-state index in [0.717, 1.165) is 16.2 Å². The van der Waals surface area contributed by atoms with Gasteiger partial charge in [-0.05, 0) is 42.0 Å². The molecule has 8 heteroatoms. The second-order valence-electron chi connectivity index (χ2n) is 5.32. The summed E-state index contributed by atoms with van der Waals surface area (Å²) in [6.07, 6.45) is 0.456. The first kappa shape index (κ1) is 17.9. The fourth-order valence-corrected chi connectivity index (χ4v) is 2.83. The number of nitrogens with zero attached hydrogens (tertiary/aromatic N) is 2. The molecule has 0 spiro atoms. The predicted octanol–water partition coefficient (Wildman–Crippen LogP) is 3.54. The molecule has 3 rings (SSSR count). The average Bonchev–Trinajstić information content (AvgIpc) is 3.08. The highest BCUT2D eigenvalue weighted by atomic mass is 32.2. The van der Waals surface area contributed by atoms with E-state index in [1.54, 1.807) is 19.2 Å². The van der Waals surface area contributed by atoms with Crippen LogP contribution >= 0.6 is 11.8 Å². The van der Waals surface area contributed by atoms with Gasteiger partial charge >= 0.3 is 6.01 Å². The number of halogens is 1. The first-order chi connectivity index (χ1) is 12.6. The predicted molar refractivity (Wildman–Crippen MR) is 95.9 cm³/mol. The van der Waals surface area contributed by atoms with Crippen LogP contribution in [0, 0.1) is 5.82 Å². The number of carbonyl (C=O) groups is 1. The van der Waals surface area contributed by atoms with Crippen LogP contribution in [0.25, 0.3) is 0 Å². The second kappa shape index (κ2) is 8.48. The lowest BCUT2D eigenvalue weighted by Gasteiger charge is -2.02. The van der Waals surface area contributed by atoms with Gasteiger partial charge in [-0.2, -0.15) is 0 Å². The normalized spacial score (nSPS) is 10.5. The van der Waals surface area contributed by atoms with Crippen molar-refractivity contribution in [2.24, 2.45) is 0 Å². The smallest absolute Gasteiger partial charge is 0.322 e. The van der Waals surface area contributed by atoms with E-state index in [2.05, 4.69) is 15.5 Å². The zero-order valence-electron chi connectivity index (χ0n) is 13.9. The number of ether oxygens (including phenoxy) is 1. The molecule has 0 saturated carbocycles. The molecular weight excluding hydrogens is 357 g/mol. The Morgan fingerprint density at radius 2 is 1.88 bits per heavy atom. The van der Waals surface area contributed by atoms with Crippen molar-refractivity contribution >= 4 is 23.7 Å². The lowest BCUT2D eigenvalue weighted by Crippen LogP contribution is -2.14. The molecule has 0 fully saturated rings. The lowest BCUT2D eigenvalue weighted by atomic mass is 10.1. The first-order valence-electron chi connectivity index (χ1n) is 7.76. The van der Waals surface area contributed by atoms with Gasteiger partial charge in [-0.3, -0.25) is 10.1 Å². The summed E-state index contributed by atoms with van der Waals surface area (Å²) >= 11 is 1.29. The highest BCUT2D eigenvalue weighted by Crippen LogP contribution is 2.19. The van der Waals surface area contributed by atoms with E-state index in [-0.39, 0.29) is 23.5 Å². The van der Waals surface area contributed by atoms with Gasteiger partial charge in [0, 0.05) is 4.90 Å². The van der Waals surface area contributed by atoms with Gasteiger partial charge in [0.25, 0.3) is 0 Å². The molecule has 134 valence electrons. The topological polar surface area (TPSA) is 77.3 Å². The third-order valence-electron chi connectivity index (χ3n) is 3.41. The van der Waals surface area contributed by atoms with Crippen molar-refractivity contribution in [2.45, 2.75) is 11.3 Å². The van der Waals surface area contributed by atoms with Crippen LogP contribution in [0.5, 0.6) is 5.75 Å². The number of hydrogen-bond donors (Lipinski definition) is 1. The van der Waals surface area contributed by atoms with Gasteiger partial charge in [-0.25, -0.2) is 4.39 Å². The summed E-state index contributed by atoms with van der Waals surface area (Å²) in [5.41, 5.74) is 0.985. The van der Waals surface area contributed by atoms with Gasteiger partial charge in [0.1, 0.15) is 11.6 Å². The van der Waals surface area contributed by atoms with Crippen LogP contribution in [0.2, 0.25) is 0 Å². The molecular formula is C18H16FN3O3S. The third-order valence-corrected chi connectivity index (χ3v) is 4.42. The number of amides is 1. The molecule has 0 atom stereocenters. The molecule has 1 amide bonds. The Hall–Kier alpha value is -2.87. The molecule has 0 aliphatic rings. The van der Waals surface area contributed by atoms with Crippen LogP contribution in [-0.4, -0.2) is 29.0 Å². The number of rotatable bonds is 7. The molecule has 6 nitrogen and oxygen atoms in total. The van der Waals surface area contributed by atoms with Gasteiger partial charge in [-0.15, -0.1) is 16.9 Å². The average molecular weight is 373 g/mol. The van der Waals surface area contributed by atoms with Crippen LogP contribution in [-0.2, 0) is 11.2 Å². The van der Waals surface area contributed by atoms with Crippen molar-refractivity contribution in [3.05, 3.63) is 65.8 Å². The molecule has 0 aliphatic carbocycles. The van der Waals surface area contributed by atoms with Crippen molar-refractivity contribution < 1.29 is 18.3 Å². The summed E-state index contributed by atoms with van der Waals surface area (Å²) in [5, 5.41) is 10.3. The van der Waals surface area contributed by atoms with Crippen LogP contribution < -0.4 is 10.1 Å². The van der Waals surface area contributed by atoms with Gasteiger partial charge < -0.3 is 9.15 Å². The van der Waals surface area contributed by atoms with Crippen LogP contribution in [0.4, 0.5) is 10.4 Å². The van der Waals surface area contributed by atoms with Crippen LogP contribution in [0.1, 0.15) is 11.5 Å². The van der Waals surface area contributed by atoms with Crippen molar-refractivity contribution in [3.8, 4) is 5.75 Å². The van der Waals surface area contributed by atoms with Gasteiger partial charge in [-0.1, -0.05) is 17.2 Å². The Labute approximate surface area is 153 Å². The Kier molecular flexibility index (Phi) is 5.85. The molecule has 3 aromatic rings. The largest absolute Gasteiger partial charge is 0.497 e. The number of anilines is 1. The molecule has 26 heavy (non-hydrogen) atoms. The summed E-state index contributed by atoms with van der Waals surface area (Å²) < 4.78 is 23.4. The maximum atomic E-state index is 12.8. The van der Waals surface area contributed by atoms with Gasteiger partial charge in [0.2, 0.25) is 11.8 Å². The Balaban J connectivity index is 1.50. The van der Waals surface area contributed by atoms with E-state index in [1.807, 2.05) is 24.3 Å². The molecule has 0 radical (unpaired) electrons. The molecule has 1 N–H and O–H groups in total. The van der Waals surface area contributed by atoms with E-state index in [0.29, 0.717) is 12.3 Å². The van der Waals surface area contributed by atoms with E-state index in [1.165, 1.54) is 23.9 Å². The summed E-state index contributed by atoms with van der Waals surface area (Å²) in [7, 11) is 1.61. The van der Waals surface area contributed by atoms with Crippen LogP contribution in [0.3, 0.4) is 0 Å². The SMILES string of the molecule is COc1ccc(Cc2nnc(NC(=O)CSc3ccc(F)cc3)o2)cc1. The van der Waals surface area contributed by atoms with Gasteiger partial charge in [0.15, 0.2) is 0 Å². The first-order valence-corrected chi connectivity index (χ1v) is 8.74. The van der Waals surface area contributed by atoms with E-state index >= 15 is 0 Å². The number of hydrogen-bond acceptors (Lipinski definition) is 6. The summed E-state index contributed by atoms with van der Waals surface area (Å²) in [5.74, 6) is 0.734. The number of nitrogens with one attached hydrogen (secondary N) is 1. The summed E-state index contributed by atoms with van der Waals surface area (Å²) in [4.78, 5) is 12.7. The fourth-order valence-electron chi connectivity index (χ4n) is 2.13. The standard InChI is InChI=1S/C18H16FN3O3S/c1-24-14-6-2-12(3-7-14)10-17-21-22-18(25-17)20-16(23)11-26-15-8-4-13(19)5-9-15/h2-9H,10-11H2,1H3,(H,20,22,23). The lowest BCUT2D eigenvalue weighted by molar-refractivity contribution is -0.113. The molecule has 0 aliphatic heterocycles. The van der Waals surface area contributed by atoms with Crippen molar-refractivity contribution in [1.29, 1.82) is 0 Å². The monoisotopic (exact) mass is 373 g/mol. The van der Waals surface area contributed by atoms with Crippen molar-refractivity contribution in [1.82, 2.24) is 10.2 Å². The number of benzene rings is 2. The van der Waals surface area contributed by atoms with E-state index in [9.17, 15) is 9.18 Å². The van der Waals surface area contributed by atoms with E-state index in [4.69, 9.17) is 9.15 Å². The molecule has 1 aromatic heterocycles. The molecule has 2 aromatic carbocycles. The summed E-state index contributed by atoms with van der Waals surface area (Å²) in [6.45, 7) is 0. The fraction of sp³-hybridized carbons (Fsp3) is 0.167. The molecule has 1 heterocycles. The quantitative estimate of drug-likeness (QED) is 0.639. The molecule has 0 saturated heterocycles. The Morgan fingerprint density at radius 3 is 2.58 bits per heavy atom. The number of aromatic nitrogens is 2. The second-order valence-corrected chi connectivity index (χ2v) is 6.37. The zero-order chi connectivity index (χ0) is 18.4. The maximum Gasteiger partial charge on any atom is 0.322 e. The molecule has 0 unspecified atom stereocenters.